The summed E-state index contributed by atoms with van der Waals surface area (Å²) < 4.78 is 6.11. The molecule has 0 bridgehead atoms. The quantitative estimate of drug-likeness (QED) is 0.272. The smallest absolute Gasteiger partial charge is 0.333 e. The lowest BCUT2D eigenvalue weighted by molar-refractivity contribution is -0.145. The van der Waals surface area contributed by atoms with Crippen molar-refractivity contribution in [1.82, 2.24) is 4.73 Å². The fourth-order valence-corrected chi connectivity index (χ4v) is 2.51. The van der Waals surface area contributed by atoms with Crippen molar-refractivity contribution < 1.29 is 34.2 Å². The molecule has 1 heterocycles. The maximum atomic E-state index is 12.1. The van der Waals surface area contributed by atoms with Crippen LogP contribution >= 0.6 is 0 Å². The van der Waals surface area contributed by atoms with Crippen LogP contribution in [0.4, 0.5) is 5.69 Å². The molecule has 1 atom stereocenters. The Morgan fingerprint density at radius 2 is 1.75 bits per heavy atom. The van der Waals surface area contributed by atoms with E-state index in [-0.39, 0.29) is 25.9 Å². The van der Waals surface area contributed by atoms with Crippen molar-refractivity contribution >= 4 is 23.3 Å². The van der Waals surface area contributed by atoms with Crippen molar-refractivity contribution in [2.45, 2.75) is 25.7 Å². The van der Waals surface area contributed by atoms with Gasteiger partial charge in [-0.05, 0) is 30.7 Å². The van der Waals surface area contributed by atoms with E-state index in [9.17, 15) is 24.6 Å². The van der Waals surface area contributed by atoms with Crippen LogP contribution in [0.1, 0.15) is 25.7 Å². The SMILES string of the molecule is C#CCCC(=O)C(C#N)C(=O)Nc1ccc(OCCCC(=O)On2c(O)ccc2O)cc1. The lowest BCUT2D eigenvalue weighted by atomic mass is 10.0. The van der Waals surface area contributed by atoms with Crippen LogP contribution in [0.15, 0.2) is 36.4 Å². The first-order valence-electron chi connectivity index (χ1n) is 9.56. The number of ether oxygens (including phenoxy) is 1. The fraction of sp³-hybridized carbons (Fsp3) is 0.273. The van der Waals surface area contributed by atoms with Crippen molar-refractivity contribution in [3.05, 3.63) is 36.4 Å². The van der Waals surface area contributed by atoms with Gasteiger partial charge in [0.1, 0.15) is 5.75 Å². The summed E-state index contributed by atoms with van der Waals surface area (Å²) in [5, 5.41) is 30.4. The van der Waals surface area contributed by atoms with Gasteiger partial charge in [-0.3, -0.25) is 9.59 Å². The molecule has 2 rings (SSSR count). The number of benzene rings is 1. The summed E-state index contributed by atoms with van der Waals surface area (Å²) in [6.45, 7) is 0.185. The number of ketones is 1. The zero-order valence-corrected chi connectivity index (χ0v) is 17.0. The average Bonchev–Trinajstić information content (AvgIpc) is 3.09. The molecule has 0 aliphatic heterocycles. The van der Waals surface area contributed by atoms with E-state index in [1.54, 1.807) is 30.3 Å². The third-order valence-electron chi connectivity index (χ3n) is 4.14. The van der Waals surface area contributed by atoms with Crippen LogP contribution < -0.4 is 14.9 Å². The number of aromatic hydroxyl groups is 2. The molecule has 1 aromatic heterocycles. The van der Waals surface area contributed by atoms with E-state index in [1.165, 1.54) is 12.1 Å². The number of Topliss-reactive ketones (excluding diaryl/α,β-unsaturated/α-hetero) is 1. The van der Waals surface area contributed by atoms with Gasteiger partial charge >= 0.3 is 5.97 Å². The Morgan fingerprint density at radius 3 is 2.34 bits per heavy atom. The molecule has 0 saturated carbocycles. The monoisotopic (exact) mass is 439 g/mol. The molecule has 0 aliphatic carbocycles. The van der Waals surface area contributed by atoms with Crippen molar-refractivity contribution in [2.75, 3.05) is 11.9 Å². The molecule has 3 N–H and O–H groups in total. The molecule has 0 radical (unpaired) electrons. The molecular weight excluding hydrogens is 418 g/mol. The van der Waals surface area contributed by atoms with Crippen molar-refractivity contribution in [3.63, 3.8) is 0 Å². The summed E-state index contributed by atoms with van der Waals surface area (Å²) in [5.74, 6) is -1.43. The van der Waals surface area contributed by atoms with Crippen LogP contribution in [-0.2, 0) is 14.4 Å². The maximum Gasteiger partial charge on any atom is 0.333 e. The maximum absolute atomic E-state index is 12.1. The molecule has 2 aromatic rings. The largest absolute Gasteiger partial charge is 0.494 e. The van der Waals surface area contributed by atoms with E-state index in [2.05, 4.69) is 11.2 Å². The minimum absolute atomic E-state index is 0.0194. The Kier molecular flexibility index (Phi) is 8.69. The number of rotatable bonds is 11. The summed E-state index contributed by atoms with van der Waals surface area (Å²) in [4.78, 5) is 40.6. The van der Waals surface area contributed by atoms with Crippen molar-refractivity contribution in [1.29, 1.82) is 5.26 Å². The molecule has 10 heteroatoms. The number of hydrogen-bond donors (Lipinski definition) is 3. The van der Waals surface area contributed by atoms with Gasteiger partial charge in [-0.25, -0.2) is 4.79 Å². The summed E-state index contributed by atoms with van der Waals surface area (Å²) in [6.07, 6.45) is 5.49. The van der Waals surface area contributed by atoms with Crippen LogP contribution in [0.5, 0.6) is 17.5 Å². The van der Waals surface area contributed by atoms with Gasteiger partial charge in [0.25, 0.3) is 0 Å². The van der Waals surface area contributed by atoms with Gasteiger partial charge in [-0.1, -0.05) is 0 Å². The minimum atomic E-state index is -1.44. The van der Waals surface area contributed by atoms with Crippen molar-refractivity contribution in [2.24, 2.45) is 5.92 Å². The molecule has 0 spiro atoms. The highest BCUT2D eigenvalue weighted by atomic mass is 16.7. The molecule has 1 amide bonds. The van der Waals surface area contributed by atoms with Crippen LogP contribution in [0, 0.1) is 29.6 Å². The number of nitrogens with zero attached hydrogens (tertiary/aromatic N) is 2. The molecule has 0 saturated heterocycles. The summed E-state index contributed by atoms with van der Waals surface area (Å²) in [7, 11) is 0. The number of nitriles is 1. The van der Waals surface area contributed by atoms with Gasteiger partial charge in [-0.15, -0.1) is 17.1 Å². The zero-order chi connectivity index (χ0) is 23.5. The predicted octanol–water partition coefficient (Wildman–Crippen LogP) is 1.77. The Balaban J connectivity index is 1.76. The van der Waals surface area contributed by atoms with Crippen molar-refractivity contribution in [3.8, 4) is 35.9 Å². The number of terminal acetylenes is 1. The van der Waals surface area contributed by atoms with Gasteiger partial charge in [0.05, 0.1) is 19.1 Å². The van der Waals surface area contributed by atoms with Gasteiger partial charge in [0, 0.05) is 30.7 Å². The first-order chi connectivity index (χ1) is 15.3. The zero-order valence-electron chi connectivity index (χ0n) is 17.0. The van der Waals surface area contributed by atoms with E-state index in [0.717, 1.165) is 0 Å². The average molecular weight is 439 g/mol. The lowest BCUT2D eigenvalue weighted by Gasteiger charge is -2.10. The molecule has 0 fully saturated rings. The highest BCUT2D eigenvalue weighted by Crippen LogP contribution is 2.19. The predicted molar refractivity (Wildman–Crippen MR) is 111 cm³/mol. The second kappa shape index (κ2) is 11.7. The molecule has 10 nitrogen and oxygen atoms in total. The van der Waals surface area contributed by atoms with Crippen LogP contribution in [0.3, 0.4) is 0 Å². The van der Waals surface area contributed by atoms with Crippen LogP contribution in [0.25, 0.3) is 0 Å². The standard InChI is InChI=1S/C22H21N3O7/c1-2-3-5-18(26)17(14-23)22(30)24-15-7-9-16(10-8-15)31-13-4-6-21(29)32-25-19(27)11-12-20(25)28/h1,7-12,17,27-28H,3-6,13H2,(H,24,30). The van der Waals surface area contributed by atoms with E-state index >= 15 is 0 Å². The number of aromatic nitrogens is 1. The number of carbonyl (C=O) groups is 3. The number of amides is 1. The summed E-state index contributed by atoms with van der Waals surface area (Å²) >= 11 is 0. The molecule has 1 unspecified atom stereocenters. The Labute approximate surface area is 183 Å². The lowest BCUT2D eigenvalue weighted by Crippen LogP contribution is -2.28. The Morgan fingerprint density at radius 1 is 1.09 bits per heavy atom. The minimum Gasteiger partial charge on any atom is -0.494 e. The van der Waals surface area contributed by atoms with Gasteiger partial charge in [0.15, 0.2) is 11.7 Å². The summed E-state index contributed by atoms with van der Waals surface area (Å²) in [6, 6.07) is 10.3. The second-order valence-electron chi connectivity index (χ2n) is 6.51. The number of nitrogens with one attached hydrogen (secondary N) is 1. The third kappa shape index (κ3) is 6.82. The normalized spacial score (nSPS) is 10.9. The Hall–Kier alpha value is -4.44. The molecular formula is C22H21N3O7. The van der Waals surface area contributed by atoms with Gasteiger partial charge in [-0.2, -0.15) is 5.26 Å². The number of hydrogen-bond acceptors (Lipinski definition) is 8. The summed E-state index contributed by atoms with van der Waals surface area (Å²) in [5.41, 5.74) is 0.377. The van der Waals surface area contributed by atoms with E-state index in [0.29, 0.717) is 22.6 Å². The molecule has 166 valence electrons. The molecule has 0 aliphatic rings. The topological polar surface area (TPSA) is 151 Å². The number of anilines is 1. The number of carbonyl (C=O) groups excluding carboxylic acids is 3. The highest BCUT2D eigenvalue weighted by Gasteiger charge is 2.25. The van der Waals surface area contributed by atoms with Crippen LogP contribution in [0.2, 0.25) is 0 Å². The van der Waals surface area contributed by atoms with E-state index in [4.69, 9.17) is 21.3 Å². The van der Waals surface area contributed by atoms with E-state index < -0.39 is 35.3 Å². The van der Waals surface area contributed by atoms with E-state index in [1.807, 2.05) is 0 Å². The second-order valence-corrected chi connectivity index (χ2v) is 6.51. The first kappa shape index (κ1) is 23.8. The van der Waals surface area contributed by atoms with Gasteiger partial charge in [0.2, 0.25) is 17.7 Å². The van der Waals surface area contributed by atoms with Crippen LogP contribution in [-0.4, -0.2) is 39.2 Å². The Bertz CT molecular complexity index is 1030. The molecule has 1 aromatic carbocycles. The fourth-order valence-electron chi connectivity index (χ4n) is 2.51. The third-order valence-corrected chi connectivity index (χ3v) is 4.14. The van der Waals surface area contributed by atoms with Gasteiger partial charge < -0.3 is 25.1 Å². The highest BCUT2D eigenvalue weighted by molar-refractivity contribution is 6.09. The molecule has 32 heavy (non-hydrogen) atoms. The first-order valence-corrected chi connectivity index (χ1v) is 9.56.